The minimum absolute atomic E-state index is 0.0282. The van der Waals surface area contributed by atoms with Gasteiger partial charge in [0, 0.05) is 62.0 Å². The summed E-state index contributed by atoms with van der Waals surface area (Å²) in [6, 6.07) is 23.2. The van der Waals surface area contributed by atoms with Crippen LogP contribution in [0.5, 0.6) is 0 Å². The summed E-state index contributed by atoms with van der Waals surface area (Å²) < 4.78 is 0. The maximum absolute atomic E-state index is 13.5. The predicted octanol–water partition coefficient (Wildman–Crippen LogP) is 3.16. The van der Waals surface area contributed by atoms with Crippen LogP contribution in [-0.4, -0.2) is 88.5 Å². The van der Waals surface area contributed by atoms with E-state index in [9.17, 15) is 9.59 Å². The SMILES string of the molecule is O=C(c1ccccc1)N1CCC(N2CCN(C(=O)c3cc(C#CCO)nc(-c4ccccc4)c3)CC2)CC1. The van der Waals surface area contributed by atoms with Gasteiger partial charge in [0.2, 0.25) is 0 Å². The Morgan fingerprint density at radius 2 is 1.39 bits per heavy atom. The standard InChI is InChI=1S/C31H32N4O3/c36-21-7-12-27-22-26(23-29(32-27)24-8-3-1-4-9-24)31(38)35-19-17-33(18-20-35)28-13-15-34(16-14-28)30(37)25-10-5-2-6-11-25/h1-6,8-11,22-23,28,36H,13-21H2. The number of aliphatic hydroxyl groups is 1. The Balaban J connectivity index is 1.20. The van der Waals surface area contributed by atoms with Crippen molar-refractivity contribution < 1.29 is 14.7 Å². The molecule has 5 rings (SSSR count). The van der Waals surface area contributed by atoms with Crippen molar-refractivity contribution in [2.24, 2.45) is 0 Å². The largest absolute Gasteiger partial charge is 0.384 e. The number of nitrogens with zero attached hydrogens (tertiary/aromatic N) is 4. The highest BCUT2D eigenvalue weighted by molar-refractivity contribution is 5.96. The van der Waals surface area contributed by atoms with E-state index in [1.807, 2.05) is 76.5 Å². The van der Waals surface area contributed by atoms with E-state index in [2.05, 4.69) is 21.7 Å². The zero-order chi connectivity index (χ0) is 26.3. The first kappa shape index (κ1) is 25.7. The lowest BCUT2D eigenvalue weighted by molar-refractivity contribution is 0.0412. The average molecular weight is 509 g/mol. The molecule has 2 aliphatic rings. The maximum atomic E-state index is 13.5. The molecule has 0 unspecified atom stereocenters. The third-order valence-electron chi connectivity index (χ3n) is 7.33. The molecule has 3 heterocycles. The molecule has 194 valence electrons. The number of carbonyl (C=O) groups excluding carboxylic acids is 2. The van der Waals surface area contributed by atoms with Crippen LogP contribution in [0.2, 0.25) is 0 Å². The lowest BCUT2D eigenvalue weighted by Gasteiger charge is -2.42. The quantitative estimate of drug-likeness (QED) is 0.548. The summed E-state index contributed by atoms with van der Waals surface area (Å²) in [5.41, 5.74) is 3.38. The summed E-state index contributed by atoms with van der Waals surface area (Å²) in [7, 11) is 0. The van der Waals surface area contributed by atoms with Gasteiger partial charge in [-0.25, -0.2) is 4.98 Å². The summed E-state index contributed by atoms with van der Waals surface area (Å²) in [4.78, 5) is 37.2. The molecule has 7 heteroatoms. The minimum atomic E-state index is -0.262. The van der Waals surface area contributed by atoms with Crippen molar-refractivity contribution in [2.75, 3.05) is 45.9 Å². The monoisotopic (exact) mass is 508 g/mol. The first-order valence-electron chi connectivity index (χ1n) is 13.2. The van der Waals surface area contributed by atoms with E-state index in [0.717, 1.165) is 50.1 Å². The van der Waals surface area contributed by atoms with Crippen LogP contribution in [0.25, 0.3) is 11.3 Å². The van der Waals surface area contributed by atoms with Crippen molar-refractivity contribution >= 4 is 11.8 Å². The Hall–Kier alpha value is -3.99. The third kappa shape index (κ3) is 5.94. The van der Waals surface area contributed by atoms with Gasteiger partial charge >= 0.3 is 0 Å². The zero-order valence-corrected chi connectivity index (χ0v) is 21.4. The molecule has 1 aromatic heterocycles. The van der Waals surface area contributed by atoms with Gasteiger partial charge in [0.05, 0.1) is 5.69 Å². The summed E-state index contributed by atoms with van der Waals surface area (Å²) in [6.07, 6.45) is 1.90. The first-order valence-corrected chi connectivity index (χ1v) is 13.2. The highest BCUT2D eigenvalue weighted by Crippen LogP contribution is 2.23. The number of hydrogen-bond donors (Lipinski definition) is 1. The second-order valence-electron chi connectivity index (χ2n) is 9.67. The van der Waals surface area contributed by atoms with Crippen LogP contribution >= 0.6 is 0 Å². The number of likely N-dealkylation sites (tertiary alicyclic amines) is 1. The zero-order valence-electron chi connectivity index (χ0n) is 21.4. The fourth-order valence-corrected chi connectivity index (χ4v) is 5.28. The van der Waals surface area contributed by atoms with E-state index < -0.39 is 0 Å². The van der Waals surface area contributed by atoms with Gasteiger partial charge in [-0.2, -0.15) is 0 Å². The molecule has 0 saturated carbocycles. The van der Waals surface area contributed by atoms with E-state index in [-0.39, 0.29) is 18.4 Å². The van der Waals surface area contributed by atoms with Crippen LogP contribution in [0.4, 0.5) is 0 Å². The van der Waals surface area contributed by atoms with Crippen molar-refractivity contribution in [3.8, 4) is 23.1 Å². The van der Waals surface area contributed by atoms with Crippen LogP contribution in [0.3, 0.4) is 0 Å². The second kappa shape index (κ2) is 12.0. The molecule has 2 aromatic carbocycles. The fourth-order valence-electron chi connectivity index (χ4n) is 5.28. The molecule has 1 N–H and O–H groups in total. The van der Waals surface area contributed by atoms with E-state index in [0.29, 0.717) is 36.1 Å². The van der Waals surface area contributed by atoms with Crippen molar-refractivity contribution in [2.45, 2.75) is 18.9 Å². The summed E-state index contributed by atoms with van der Waals surface area (Å²) in [6.45, 7) is 4.20. The van der Waals surface area contributed by atoms with Crippen LogP contribution < -0.4 is 0 Å². The number of amides is 2. The van der Waals surface area contributed by atoms with Crippen molar-refractivity contribution in [3.63, 3.8) is 0 Å². The number of hydrogen-bond acceptors (Lipinski definition) is 5. The normalized spacial score (nSPS) is 16.6. The van der Waals surface area contributed by atoms with Gasteiger partial charge in [0.25, 0.3) is 11.8 Å². The van der Waals surface area contributed by atoms with Crippen LogP contribution in [0.1, 0.15) is 39.3 Å². The van der Waals surface area contributed by atoms with Gasteiger partial charge in [-0.05, 0) is 43.0 Å². The van der Waals surface area contributed by atoms with Crippen molar-refractivity contribution in [3.05, 3.63) is 89.6 Å². The maximum Gasteiger partial charge on any atom is 0.254 e. The Bertz CT molecular complexity index is 1320. The van der Waals surface area contributed by atoms with Gasteiger partial charge in [0.15, 0.2) is 0 Å². The molecule has 0 aliphatic carbocycles. The third-order valence-corrected chi connectivity index (χ3v) is 7.33. The number of aromatic nitrogens is 1. The molecule has 2 amide bonds. The molecule has 2 aliphatic heterocycles. The molecule has 3 aromatic rings. The molecule has 2 saturated heterocycles. The molecule has 38 heavy (non-hydrogen) atoms. The molecular formula is C31H32N4O3. The summed E-state index contributed by atoms with van der Waals surface area (Å²) >= 11 is 0. The van der Waals surface area contributed by atoms with Crippen LogP contribution in [0.15, 0.2) is 72.8 Å². The van der Waals surface area contributed by atoms with E-state index >= 15 is 0 Å². The van der Waals surface area contributed by atoms with Gasteiger partial charge in [-0.1, -0.05) is 54.5 Å². The second-order valence-corrected chi connectivity index (χ2v) is 9.67. The fraction of sp³-hybridized carbons (Fsp3) is 0.323. The van der Waals surface area contributed by atoms with E-state index in [1.54, 1.807) is 6.07 Å². The number of carbonyl (C=O) groups is 2. The summed E-state index contributed by atoms with van der Waals surface area (Å²) in [5, 5.41) is 9.12. The van der Waals surface area contributed by atoms with Crippen LogP contribution in [-0.2, 0) is 0 Å². The van der Waals surface area contributed by atoms with Gasteiger partial charge in [-0.15, -0.1) is 0 Å². The Labute approximate surface area is 223 Å². The number of pyridine rings is 1. The highest BCUT2D eigenvalue weighted by Gasteiger charge is 2.31. The Kier molecular flexibility index (Phi) is 8.12. The number of piperazine rings is 1. The lowest BCUT2D eigenvalue weighted by atomic mass is 10.0. The molecule has 0 radical (unpaired) electrons. The Morgan fingerprint density at radius 3 is 2.05 bits per heavy atom. The minimum Gasteiger partial charge on any atom is -0.384 e. The molecular weight excluding hydrogens is 476 g/mol. The number of benzene rings is 2. The number of rotatable bonds is 4. The average Bonchev–Trinajstić information content (AvgIpc) is 3.00. The highest BCUT2D eigenvalue weighted by atomic mass is 16.2. The smallest absolute Gasteiger partial charge is 0.254 e. The topological polar surface area (TPSA) is 77.0 Å². The predicted molar refractivity (Wildman–Crippen MR) is 146 cm³/mol. The molecule has 0 spiro atoms. The van der Waals surface area contributed by atoms with E-state index in [4.69, 9.17) is 5.11 Å². The molecule has 0 bridgehead atoms. The molecule has 2 fully saturated rings. The molecule has 7 nitrogen and oxygen atoms in total. The van der Waals surface area contributed by atoms with Gasteiger partial charge in [0.1, 0.15) is 12.3 Å². The number of aliphatic hydroxyl groups excluding tert-OH is 1. The Morgan fingerprint density at radius 1 is 0.789 bits per heavy atom. The summed E-state index contributed by atoms with van der Waals surface area (Å²) in [5.74, 6) is 5.57. The number of piperidine rings is 1. The van der Waals surface area contributed by atoms with E-state index in [1.165, 1.54) is 0 Å². The van der Waals surface area contributed by atoms with Gasteiger partial charge < -0.3 is 14.9 Å². The van der Waals surface area contributed by atoms with Crippen molar-refractivity contribution in [1.82, 2.24) is 19.7 Å². The molecule has 0 atom stereocenters. The van der Waals surface area contributed by atoms with Crippen molar-refractivity contribution in [1.29, 1.82) is 0 Å². The lowest BCUT2D eigenvalue weighted by Crippen LogP contribution is -2.54. The van der Waals surface area contributed by atoms with Crippen LogP contribution in [0, 0.1) is 11.8 Å². The van der Waals surface area contributed by atoms with Gasteiger partial charge in [-0.3, -0.25) is 14.5 Å². The first-order chi connectivity index (χ1) is 18.6.